The number of unbranched alkanes of at least 4 members (excludes halogenated alkanes) is 2. The number of amides is 1. The molecule has 0 aliphatic heterocycles. The van der Waals surface area contributed by atoms with Crippen LogP contribution < -0.4 is 4.90 Å². The van der Waals surface area contributed by atoms with Crippen molar-refractivity contribution in [3.63, 3.8) is 0 Å². The Morgan fingerprint density at radius 3 is 2.68 bits per heavy atom. The van der Waals surface area contributed by atoms with Gasteiger partial charge < -0.3 is 4.74 Å². The predicted molar refractivity (Wildman–Crippen MR) is 98.2 cm³/mol. The number of thiazole rings is 1. The van der Waals surface area contributed by atoms with Gasteiger partial charge in [0, 0.05) is 12.7 Å². The number of rotatable bonds is 8. The second-order valence-electron chi connectivity index (χ2n) is 5.51. The van der Waals surface area contributed by atoms with Crippen LogP contribution in [0.2, 0.25) is 0 Å². The summed E-state index contributed by atoms with van der Waals surface area (Å²) in [7, 11) is 0. The Morgan fingerprint density at radius 1 is 1.24 bits per heavy atom. The number of nitrogens with zero attached hydrogens (tertiary/aromatic N) is 3. The lowest BCUT2D eigenvalue weighted by atomic mass is 10.2. The van der Waals surface area contributed by atoms with Gasteiger partial charge in [0.2, 0.25) is 0 Å². The van der Waals surface area contributed by atoms with E-state index in [0.717, 1.165) is 19.3 Å². The van der Waals surface area contributed by atoms with Gasteiger partial charge in [0.15, 0.2) is 5.13 Å². The zero-order valence-corrected chi connectivity index (χ0v) is 15.6. The molecule has 25 heavy (non-hydrogen) atoms. The van der Waals surface area contributed by atoms with E-state index >= 15 is 0 Å². The fraction of sp³-hybridized carbons (Fsp3) is 0.444. The number of carbonyl (C=O) groups is 2. The molecule has 0 aliphatic rings. The van der Waals surface area contributed by atoms with E-state index in [1.807, 2.05) is 0 Å². The fourth-order valence-corrected chi connectivity index (χ4v) is 3.30. The lowest BCUT2D eigenvalue weighted by Gasteiger charge is -2.19. The molecule has 6 nitrogen and oxygen atoms in total. The van der Waals surface area contributed by atoms with Crippen molar-refractivity contribution in [1.82, 2.24) is 9.97 Å². The Labute approximate surface area is 151 Å². The maximum atomic E-state index is 12.9. The maximum absolute atomic E-state index is 12.9. The third kappa shape index (κ3) is 4.85. The largest absolute Gasteiger partial charge is 0.462 e. The van der Waals surface area contributed by atoms with E-state index in [1.165, 1.54) is 11.3 Å². The number of anilines is 1. The van der Waals surface area contributed by atoms with Gasteiger partial charge in [-0.1, -0.05) is 37.2 Å². The molecule has 0 N–H and O–H groups in total. The SMILES string of the molecule is CCCCCN(C(=O)c1ccccn1)c1nc(C)c(C(=O)OCC)s1. The molecule has 2 heterocycles. The molecule has 2 aromatic heterocycles. The second-order valence-corrected chi connectivity index (χ2v) is 6.49. The number of hydrogen-bond donors (Lipinski definition) is 0. The Morgan fingerprint density at radius 2 is 2.04 bits per heavy atom. The highest BCUT2D eigenvalue weighted by Crippen LogP contribution is 2.28. The summed E-state index contributed by atoms with van der Waals surface area (Å²) in [4.78, 5) is 35.5. The molecule has 0 bridgehead atoms. The van der Waals surface area contributed by atoms with Crippen LogP contribution in [-0.2, 0) is 4.74 Å². The summed E-state index contributed by atoms with van der Waals surface area (Å²) < 4.78 is 5.06. The highest BCUT2D eigenvalue weighted by molar-refractivity contribution is 7.17. The summed E-state index contributed by atoms with van der Waals surface area (Å²) in [5, 5.41) is 0.507. The zero-order valence-electron chi connectivity index (χ0n) is 14.8. The number of pyridine rings is 1. The molecule has 0 atom stereocenters. The van der Waals surface area contributed by atoms with Crippen LogP contribution in [0.15, 0.2) is 24.4 Å². The van der Waals surface area contributed by atoms with Crippen molar-refractivity contribution in [3.8, 4) is 0 Å². The van der Waals surface area contributed by atoms with Crippen LogP contribution in [0.5, 0.6) is 0 Å². The predicted octanol–water partition coefficient (Wildman–Crippen LogP) is 3.86. The molecule has 2 rings (SSSR count). The molecular formula is C18H23N3O3S. The summed E-state index contributed by atoms with van der Waals surface area (Å²) >= 11 is 1.19. The summed E-state index contributed by atoms with van der Waals surface area (Å²) in [6, 6.07) is 5.23. The molecule has 0 aromatic carbocycles. The van der Waals surface area contributed by atoms with Gasteiger partial charge in [-0.2, -0.15) is 0 Å². The van der Waals surface area contributed by atoms with Crippen LogP contribution in [0.1, 0.15) is 59.0 Å². The van der Waals surface area contributed by atoms with E-state index in [1.54, 1.807) is 43.1 Å². The average molecular weight is 361 g/mol. The van der Waals surface area contributed by atoms with E-state index in [9.17, 15) is 9.59 Å². The van der Waals surface area contributed by atoms with E-state index in [2.05, 4.69) is 16.9 Å². The van der Waals surface area contributed by atoms with Crippen LogP contribution in [0.3, 0.4) is 0 Å². The maximum Gasteiger partial charge on any atom is 0.350 e. The first kappa shape index (κ1) is 19.1. The minimum Gasteiger partial charge on any atom is -0.462 e. The summed E-state index contributed by atoms with van der Waals surface area (Å²) in [6.07, 6.45) is 4.52. The minimum atomic E-state index is -0.400. The Balaban J connectivity index is 2.30. The van der Waals surface area contributed by atoms with E-state index < -0.39 is 5.97 Å². The monoisotopic (exact) mass is 361 g/mol. The van der Waals surface area contributed by atoms with Crippen molar-refractivity contribution >= 4 is 28.3 Å². The highest BCUT2D eigenvalue weighted by Gasteiger charge is 2.25. The first-order chi connectivity index (χ1) is 12.1. The zero-order chi connectivity index (χ0) is 18.2. The normalized spacial score (nSPS) is 10.5. The van der Waals surface area contributed by atoms with Gasteiger partial charge >= 0.3 is 5.97 Å². The summed E-state index contributed by atoms with van der Waals surface area (Å²) in [6.45, 7) is 6.47. The Kier molecular flexibility index (Phi) is 7.06. The summed E-state index contributed by atoms with van der Waals surface area (Å²) in [5.41, 5.74) is 0.942. The van der Waals surface area contributed by atoms with Crippen LogP contribution in [0, 0.1) is 6.92 Å². The fourth-order valence-electron chi connectivity index (χ4n) is 2.32. The van der Waals surface area contributed by atoms with Crippen LogP contribution >= 0.6 is 11.3 Å². The lowest BCUT2D eigenvalue weighted by molar-refractivity contribution is 0.0531. The first-order valence-corrected chi connectivity index (χ1v) is 9.27. The molecule has 134 valence electrons. The quantitative estimate of drug-likeness (QED) is 0.527. The summed E-state index contributed by atoms with van der Waals surface area (Å²) in [5.74, 6) is -0.608. The second kappa shape index (κ2) is 9.27. The van der Waals surface area contributed by atoms with Crippen LogP contribution in [0.25, 0.3) is 0 Å². The van der Waals surface area contributed by atoms with Gasteiger partial charge in [0.05, 0.1) is 12.3 Å². The number of esters is 1. The van der Waals surface area contributed by atoms with Crippen LogP contribution in [0.4, 0.5) is 5.13 Å². The molecule has 0 saturated carbocycles. The molecule has 2 aromatic rings. The molecule has 0 radical (unpaired) electrons. The topological polar surface area (TPSA) is 72.4 Å². The smallest absolute Gasteiger partial charge is 0.350 e. The number of ether oxygens (including phenoxy) is 1. The Bertz CT molecular complexity index is 716. The van der Waals surface area contributed by atoms with Crippen molar-refractivity contribution in [2.24, 2.45) is 0 Å². The van der Waals surface area contributed by atoms with Crippen molar-refractivity contribution < 1.29 is 14.3 Å². The minimum absolute atomic E-state index is 0.208. The van der Waals surface area contributed by atoms with Gasteiger partial charge in [0.25, 0.3) is 5.91 Å². The van der Waals surface area contributed by atoms with Crippen molar-refractivity contribution in [2.75, 3.05) is 18.1 Å². The Hall–Kier alpha value is -2.28. The van der Waals surface area contributed by atoms with E-state index in [4.69, 9.17) is 4.74 Å². The molecule has 0 unspecified atom stereocenters. The first-order valence-electron chi connectivity index (χ1n) is 8.45. The van der Waals surface area contributed by atoms with Crippen LogP contribution in [-0.4, -0.2) is 35.0 Å². The molecule has 7 heteroatoms. The van der Waals surface area contributed by atoms with Crippen molar-refractivity contribution in [1.29, 1.82) is 0 Å². The van der Waals surface area contributed by atoms with Crippen molar-refractivity contribution in [2.45, 2.75) is 40.0 Å². The third-order valence-electron chi connectivity index (χ3n) is 3.59. The highest BCUT2D eigenvalue weighted by atomic mass is 32.1. The molecule has 0 saturated heterocycles. The molecule has 0 fully saturated rings. The van der Waals surface area contributed by atoms with Gasteiger partial charge in [-0.05, 0) is 32.4 Å². The number of aryl methyl sites for hydroxylation is 1. The number of aromatic nitrogens is 2. The molecular weight excluding hydrogens is 338 g/mol. The number of hydrogen-bond acceptors (Lipinski definition) is 6. The van der Waals surface area contributed by atoms with E-state index in [-0.39, 0.29) is 5.91 Å². The van der Waals surface area contributed by atoms with Gasteiger partial charge in [0.1, 0.15) is 10.6 Å². The lowest BCUT2D eigenvalue weighted by Crippen LogP contribution is -2.32. The standard InChI is InChI=1S/C18H23N3O3S/c1-4-6-9-12-21(16(22)14-10-7-8-11-19-14)18-20-13(3)15(25-18)17(23)24-5-2/h7-8,10-11H,4-6,9,12H2,1-3H3. The molecule has 1 amide bonds. The molecule has 0 aliphatic carbocycles. The van der Waals surface area contributed by atoms with Gasteiger partial charge in [-0.25, -0.2) is 9.78 Å². The van der Waals surface area contributed by atoms with Crippen molar-refractivity contribution in [3.05, 3.63) is 40.7 Å². The van der Waals surface area contributed by atoms with Gasteiger partial charge in [-0.15, -0.1) is 0 Å². The average Bonchev–Trinajstić information content (AvgIpc) is 3.01. The third-order valence-corrected chi connectivity index (χ3v) is 4.75. The molecule has 0 spiro atoms. The number of carbonyl (C=O) groups excluding carboxylic acids is 2. The van der Waals surface area contributed by atoms with Gasteiger partial charge in [-0.3, -0.25) is 14.7 Å². The van der Waals surface area contributed by atoms with E-state index in [0.29, 0.717) is 34.5 Å².